The molecule has 13 heavy (non-hydrogen) atoms. The molecule has 0 amide bonds. The zero-order chi connectivity index (χ0) is 9.64. The van der Waals surface area contributed by atoms with Crippen LogP contribution in [0.2, 0.25) is 0 Å². The van der Waals surface area contributed by atoms with Crippen LogP contribution in [0.3, 0.4) is 0 Å². The molecule has 0 fully saturated rings. The number of aryl methyl sites for hydroxylation is 1. The minimum Gasteiger partial charge on any atom is -0.449 e. The zero-order valence-corrected chi connectivity index (χ0v) is 7.76. The van der Waals surface area contributed by atoms with Crippen molar-refractivity contribution in [2.45, 2.75) is 18.2 Å². The second-order valence-electron chi connectivity index (χ2n) is 2.84. The number of benzene rings is 1. The van der Waals surface area contributed by atoms with E-state index in [9.17, 15) is 8.42 Å². The molecule has 1 aromatic rings. The van der Waals surface area contributed by atoms with Crippen LogP contribution in [0.1, 0.15) is 12.5 Å². The van der Waals surface area contributed by atoms with Gasteiger partial charge in [0.1, 0.15) is 4.90 Å². The maximum absolute atomic E-state index is 10.9. The molecule has 0 bridgehead atoms. The van der Waals surface area contributed by atoms with E-state index in [4.69, 9.17) is 9.29 Å². The molecular formula is C8H8O4S. The van der Waals surface area contributed by atoms with Crippen molar-refractivity contribution >= 4 is 10.1 Å². The molecule has 1 aliphatic rings. The van der Waals surface area contributed by atoms with Gasteiger partial charge in [-0.25, -0.2) is 0 Å². The molecule has 1 heterocycles. The first-order valence-electron chi connectivity index (χ1n) is 3.84. The van der Waals surface area contributed by atoms with Crippen LogP contribution in [0.15, 0.2) is 17.0 Å². The Bertz CT molecular complexity index is 461. The van der Waals surface area contributed by atoms with Gasteiger partial charge in [0.15, 0.2) is 11.5 Å². The predicted octanol–water partition coefficient (Wildman–Crippen LogP) is 1.60. The van der Waals surface area contributed by atoms with Crippen LogP contribution >= 0.6 is 0 Å². The molecule has 70 valence electrons. The summed E-state index contributed by atoms with van der Waals surface area (Å²) in [7, 11) is -4.11. The minimum atomic E-state index is -4.11. The molecule has 1 aromatic carbocycles. The Kier molecular flexibility index (Phi) is 1.61. The fraction of sp³-hybridized carbons (Fsp3) is 0.250. The van der Waals surface area contributed by atoms with E-state index in [1.165, 1.54) is 6.07 Å². The summed E-state index contributed by atoms with van der Waals surface area (Å²) in [5, 5.41) is 0. The van der Waals surface area contributed by atoms with Gasteiger partial charge in [-0.15, -0.1) is 0 Å². The first-order valence-corrected chi connectivity index (χ1v) is 5.28. The van der Waals surface area contributed by atoms with Gasteiger partial charge in [-0.2, -0.15) is 8.42 Å². The van der Waals surface area contributed by atoms with Crippen LogP contribution in [0.5, 0.6) is 11.5 Å². The van der Waals surface area contributed by atoms with Crippen LogP contribution in [-0.2, 0) is 16.5 Å². The van der Waals surface area contributed by atoms with E-state index in [1.807, 2.05) is 6.92 Å². The highest BCUT2D eigenvalue weighted by molar-refractivity contribution is 7.85. The van der Waals surface area contributed by atoms with Crippen molar-refractivity contribution in [3.63, 3.8) is 0 Å². The SMILES string of the molecule is CCc1cc2c(cc1S(=O)(=O)O)O2. The molecule has 1 N–H and O–H groups in total. The van der Waals surface area contributed by atoms with E-state index >= 15 is 0 Å². The Morgan fingerprint density at radius 2 is 2.00 bits per heavy atom. The molecular weight excluding hydrogens is 192 g/mol. The Morgan fingerprint density at radius 1 is 1.38 bits per heavy atom. The molecule has 1 aliphatic heterocycles. The quantitative estimate of drug-likeness (QED) is 0.590. The summed E-state index contributed by atoms with van der Waals surface area (Å²) in [6.45, 7) is 1.82. The van der Waals surface area contributed by atoms with Crippen molar-refractivity contribution in [1.82, 2.24) is 0 Å². The molecule has 0 aromatic heterocycles. The summed E-state index contributed by atoms with van der Waals surface area (Å²) < 4.78 is 35.6. The Morgan fingerprint density at radius 3 is 2.54 bits per heavy atom. The third-order valence-electron chi connectivity index (χ3n) is 1.96. The highest BCUT2D eigenvalue weighted by atomic mass is 32.2. The second-order valence-corrected chi connectivity index (χ2v) is 4.23. The maximum Gasteiger partial charge on any atom is 0.294 e. The Balaban J connectivity index is 2.64. The van der Waals surface area contributed by atoms with Crippen LogP contribution < -0.4 is 4.74 Å². The van der Waals surface area contributed by atoms with E-state index in [-0.39, 0.29) is 4.90 Å². The lowest BCUT2D eigenvalue weighted by atomic mass is 10.2. The molecule has 4 nitrogen and oxygen atoms in total. The first-order chi connectivity index (χ1) is 6.02. The Labute approximate surface area is 75.9 Å². The summed E-state index contributed by atoms with van der Waals surface area (Å²) in [5.41, 5.74) is 0.582. The van der Waals surface area contributed by atoms with E-state index in [0.717, 1.165) is 0 Å². The van der Waals surface area contributed by atoms with Gasteiger partial charge in [-0.3, -0.25) is 4.55 Å². The molecule has 0 spiro atoms. The fourth-order valence-corrected chi connectivity index (χ4v) is 2.04. The number of fused-ring (bicyclic) bond motifs is 1. The van der Waals surface area contributed by atoms with Crippen LogP contribution in [0.25, 0.3) is 0 Å². The third-order valence-corrected chi connectivity index (χ3v) is 2.90. The molecule has 0 radical (unpaired) electrons. The summed E-state index contributed by atoms with van der Waals surface area (Å²) in [4.78, 5) is -0.0498. The molecule has 0 saturated carbocycles. The van der Waals surface area contributed by atoms with E-state index in [0.29, 0.717) is 23.5 Å². The molecule has 0 aliphatic carbocycles. The minimum absolute atomic E-state index is 0.0498. The molecule has 0 saturated heterocycles. The van der Waals surface area contributed by atoms with Gasteiger partial charge in [-0.05, 0) is 18.1 Å². The third kappa shape index (κ3) is 1.40. The normalized spacial score (nSPS) is 13.4. The van der Waals surface area contributed by atoms with Crippen molar-refractivity contribution in [2.75, 3.05) is 0 Å². The lowest BCUT2D eigenvalue weighted by Crippen LogP contribution is -2.00. The number of ether oxygens (including phenoxy) is 1. The monoisotopic (exact) mass is 200 g/mol. The lowest BCUT2D eigenvalue weighted by molar-refractivity contribution is 0.482. The number of hydrogen-bond acceptors (Lipinski definition) is 3. The Hall–Kier alpha value is -1.07. The molecule has 0 unspecified atom stereocenters. The fourth-order valence-electron chi connectivity index (χ4n) is 1.25. The molecule has 0 atom stereocenters. The van der Waals surface area contributed by atoms with E-state index in [1.54, 1.807) is 6.07 Å². The lowest BCUT2D eigenvalue weighted by Gasteiger charge is -2.00. The topological polar surface area (TPSA) is 66.9 Å². The van der Waals surface area contributed by atoms with Crippen molar-refractivity contribution in [1.29, 1.82) is 0 Å². The van der Waals surface area contributed by atoms with Gasteiger partial charge < -0.3 is 4.74 Å². The zero-order valence-electron chi connectivity index (χ0n) is 6.94. The van der Waals surface area contributed by atoms with Gasteiger partial charge >= 0.3 is 0 Å². The number of rotatable bonds is 2. The van der Waals surface area contributed by atoms with Crippen LogP contribution in [0.4, 0.5) is 0 Å². The van der Waals surface area contributed by atoms with Gasteiger partial charge in [0.25, 0.3) is 10.1 Å². The largest absolute Gasteiger partial charge is 0.449 e. The summed E-state index contributed by atoms with van der Waals surface area (Å²) in [5.74, 6) is 1.23. The predicted molar refractivity (Wildman–Crippen MR) is 45.7 cm³/mol. The highest BCUT2D eigenvalue weighted by Gasteiger charge is 2.26. The summed E-state index contributed by atoms with van der Waals surface area (Å²) >= 11 is 0. The summed E-state index contributed by atoms with van der Waals surface area (Å²) in [6, 6.07) is 2.99. The first kappa shape index (κ1) is 8.52. The van der Waals surface area contributed by atoms with Gasteiger partial charge in [-0.1, -0.05) is 6.92 Å². The van der Waals surface area contributed by atoms with Gasteiger partial charge in [0, 0.05) is 6.07 Å². The van der Waals surface area contributed by atoms with Crippen LogP contribution in [-0.4, -0.2) is 13.0 Å². The standard InChI is InChI=1S/C8H8O4S/c1-2-5-3-6-7(12-6)4-8(5)13(9,10)11/h3-4H,2H2,1H3,(H,9,10,11). The van der Waals surface area contributed by atoms with Crippen molar-refractivity contribution in [3.05, 3.63) is 17.7 Å². The smallest absolute Gasteiger partial charge is 0.294 e. The molecule has 2 rings (SSSR count). The number of hydrogen-bond donors (Lipinski definition) is 1. The van der Waals surface area contributed by atoms with Gasteiger partial charge in [0.05, 0.1) is 0 Å². The highest BCUT2D eigenvalue weighted by Crippen LogP contribution is 2.47. The van der Waals surface area contributed by atoms with Crippen molar-refractivity contribution in [3.8, 4) is 11.5 Å². The second kappa shape index (κ2) is 2.46. The maximum atomic E-state index is 10.9. The van der Waals surface area contributed by atoms with E-state index in [2.05, 4.69) is 0 Å². The average Bonchev–Trinajstić information content (AvgIpc) is 2.77. The van der Waals surface area contributed by atoms with Crippen LogP contribution in [0, 0.1) is 0 Å². The van der Waals surface area contributed by atoms with E-state index < -0.39 is 10.1 Å². The van der Waals surface area contributed by atoms with Gasteiger partial charge in [0.2, 0.25) is 0 Å². The van der Waals surface area contributed by atoms with Crippen molar-refractivity contribution < 1.29 is 17.7 Å². The van der Waals surface area contributed by atoms with Crippen molar-refractivity contribution in [2.24, 2.45) is 0 Å². The average molecular weight is 200 g/mol. The summed E-state index contributed by atoms with van der Waals surface area (Å²) in [6.07, 6.45) is 0.547. The molecule has 5 heteroatoms.